The molecule has 3 aromatic rings. The van der Waals surface area contributed by atoms with Gasteiger partial charge in [-0.05, 0) is 37.6 Å². The summed E-state index contributed by atoms with van der Waals surface area (Å²) in [5.41, 5.74) is 2.11. The fourth-order valence-corrected chi connectivity index (χ4v) is 3.88. The Hall–Kier alpha value is -2.67. The summed E-state index contributed by atoms with van der Waals surface area (Å²) in [7, 11) is 2.05. The zero-order valence-electron chi connectivity index (χ0n) is 15.7. The Morgan fingerprint density at radius 1 is 1.15 bits per heavy atom. The third-order valence-electron chi connectivity index (χ3n) is 5.42. The number of aromatic nitrogens is 4. The summed E-state index contributed by atoms with van der Waals surface area (Å²) in [4.78, 5) is 19.0. The molecule has 27 heavy (non-hydrogen) atoms. The third-order valence-corrected chi connectivity index (χ3v) is 5.42. The van der Waals surface area contributed by atoms with Crippen molar-refractivity contribution in [2.24, 2.45) is 7.05 Å². The SMILES string of the molecule is Cn1c(NCC2CCCCN2CCn2ncccc2=O)nc2ccccc21. The van der Waals surface area contributed by atoms with E-state index in [0.29, 0.717) is 12.6 Å². The summed E-state index contributed by atoms with van der Waals surface area (Å²) in [6.07, 6.45) is 5.28. The molecule has 1 aromatic carbocycles. The van der Waals surface area contributed by atoms with E-state index in [0.717, 1.165) is 43.0 Å². The molecule has 0 saturated carbocycles. The van der Waals surface area contributed by atoms with Gasteiger partial charge in [0.15, 0.2) is 0 Å². The van der Waals surface area contributed by atoms with Crippen LogP contribution in [0.4, 0.5) is 5.95 Å². The molecule has 1 aliphatic heterocycles. The van der Waals surface area contributed by atoms with Crippen molar-refractivity contribution in [3.8, 4) is 0 Å². The van der Waals surface area contributed by atoms with E-state index in [2.05, 4.69) is 25.9 Å². The number of likely N-dealkylation sites (tertiary alicyclic amines) is 1. The van der Waals surface area contributed by atoms with E-state index in [1.54, 1.807) is 23.0 Å². The molecule has 4 rings (SSSR count). The maximum atomic E-state index is 11.9. The molecule has 3 heterocycles. The van der Waals surface area contributed by atoms with Crippen LogP contribution < -0.4 is 10.9 Å². The monoisotopic (exact) mass is 366 g/mol. The highest BCUT2D eigenvalue weighted by Gasteiger charge is 2.22. The molecule has 0 bridgehead atoms. The van der Waals surface area contributed by atoms with E-state index >= 15 is 0 Å². The first-order chi connectivity index (χ1) is 13.2. The number of aryl methyl sites for hydroxylation is 1. The van der Waals surface area contributed by atoms with E-state index in [9.17, 15) is 4.79 Å². The smallest absolute Gasteiger partial charge is 0.266 e. The molecule has 1 fully saturated rings. The fraction of sp³-hybridized carbons (Fsp3) is 0.450. The van der Waals surface area contributed by atoms with Crippen LogP contribution in [0.25, 0.3) is 11.0 Å². The molecule has 1 aliphatic rings. The lowest BCUT2D eigenvalue weighted by molar-refractivity contribution is 0.148. The van der Waals surface area contributed by atoms with Crippen LogP contribution >= 0.6 is 0 Å². The van der Waals surface area contributed by atoms with Gasteiger partial charge in [-0.15, -0.1) is 0 Å². The maximum absolute atomic E-state index is 11.9. The van der Waals surface area contributed by atoms with Crippen LogP contribution in [0.15, 0.2) is 47.4 Å². The molecule has 1 N–H and O–H groups in total. The third kappa shape index (κ3) is 3.88. The molecule has 2 aromatic heterocycles. The van der Waals surface area contributed by atoms with Crippen molar-refractivity contribution in [2.75, 3.05) is 25.0 Å². The number of nitrogens with one attached hydrogen (secondary N) is 1. The number of anilines is 1. The number of fused-ring (bicyclic) bond motifs is 1. The van der Waals surface area contributed by atoms with Gasteiger partial charge in [-0.2, -0.15) is 5.10 Å². The maximum Gasteiger partial charge on any atom is 0.266 e. The van der Waals surface area contributed by atoms with Crippen LogP contribution in [0, 0.1) is 0 Å². The summed E-state index contributed by atoms with van der Waals surface area (Å²) in [6, 6.07) is 11.9. The van der Waals surface area contributed by atoms with E-state index < -0.39 is 0 Å². The van der Waals surface area contributed by atoms with E-state index in [4.69, 9.17) is 4.98 Å². The largest absolute Gasteiger partial charge is 0.354 e. The number of rotatable bonds is 6. The van der Waals surface area contributed by atoms with Gasteiger partial charge in [-0.3, -0.25) is 9.69 Å². The Bertz CT molecular complexity index is 962. The Kier molecular flexibility index (Phi) is 5.20. The second kappa shape index (κ2) is 7.92. The molecule has 0 spiro atoms. The summed E-state index contributed by atoms with van der Waals surface area (Å²) in [5, 5.41) is 7.70. The number of nitrogens with zero attached hydrogens (tertiary/aromatic N) is 5. The van der Waals surface area contributed by atoms with Crippen molar-refractivity contribution in [1.29, 1.82) is 0 Å². The van der Waals surface area contributed by atoms with Crippen LogP contribution in [0.5, 0.6) is 0 Å². The highest BCUT2D eigenvalue weighted by molar-refractivity contribution is 5.78. The molecular formula is C20H26N6O. The second-order valence-electron chi connectivity index (χ2n) is 7.13. The van der Waals surface area contributed by atoms with Gasteiger partial charge in [-0.25, -0.2) is 9.67 Å². The van der Waals surface area contributed by atoms with Gasteiger partial charge >= 0.3 is 0 Å². The summed E-state index contributed by atoms with van der Waals surface area (Å²) in [5.74, 6) is 0.905. The lowest BCUT2D eigenvalue weighted by atomic mass is 10.0. The molecule has 7 nitrogen and oxygen atoms in total. The molecule has 7 heteroatoms. The van der Waals surface area contributed by atoms with Gasteiger partial charge in [0.1, 0.15) is 0 Å². The van der Waals surface area contributed by atoms with Crippen molar-refractivity contribution >= 4 is 17.0 Å². The standard InChI is InChI=1S/C20H26N6O/c1-24-18-9-3-2-8-17(18)23-20(24)21-15-16-7-4-5-12-25(16)13-14-26-19(27)10-6-11-22-26/h2-3,6,8-11,16H,4-5,7,12-15H2,1H3,(H,21,23). The van der Waals surface area contributed by atoms with Gasteiger partial charge in [0, 0.05) is 38.4 Å². The van der Waals surface area contributed by atoms with Crippen LogP contribution in [-0.4, -0.2) is 49.9 Å². The van der Waals surface area contributed by atoms with Crippen LogP contribution in [0.2, 0.25) is 0 Å². The minimum atomic E-state index is -0.0381. The Balaban J connectivity index is 1.41. The Labute approximate surface area is 158 Å². The van der Waals surface area contributed by atoms with Gasteiger partial charge in [0.2, 0.25) is 5.95 Å². The number of piperidine rings is 1. The Morgan fingerprint density at radius 2 is 2.04 bits per heavy atom. The summed E-state index contributed by atoms with van der Waals surface area (Å²) < 4.78 is 3.65. The van der Waals surface area contributed by atoms with Crippen molar-refractivity contribution in [2.45, 2.75) is 31.8 Å². The van der Waals surface area contributed by atoms with Gasteiger partial charge in [0.05, 0.1) is 17.6 Å². The summed E-state index contributed by atoms with van der Waals surface area (Å²) >= 11 is 0. The summed E-state index contributed by atoms with van der Waals surface area (Å²) in [6.45, 7) is 3.39. The number of para-hydroxylation sites is 2. The quantitative estimate of drug-likeness (QED) is 0.724. The molecule has 0 amide bonds. The molecule has 1 atom stereocenters. The normalized spacial score (nSPS) is 18.0. The first kappa shape index (κ1) is 17.7. The van der Waals surface area contributed by atoms with Gasteiger partial charge in [-0.1, -0.05) is 18.6 Å². The van der Waals surface area contributed by atoms with Crippen LogP contribution in [0.1, 0.15) is 19.3 Å². The highest BCUT2D eigenvalue weighted by Crippen LogP contribution is 2.20. The van der Waals surface area contributed by atoms with Crippen LogP contribution in [0.3, 0.4) is 0 Å². The first-order valence-electron chi connectivity index (χ1n) is 9.64. The number of benzene rings is 1. The van der Waals surface area contributed by atoms with E-state index in [-0.39, 0.29) is 5.56 Å². The number of hydrogen-bond acceptors (Lipinski definition) is 5. The number of imidazole rings is 1. The molecular weight excluding hydrogens is 340 g/mol. The molecule has 0 aliphatic carbocycles. The van der Waals surface area contributed by atoms with Gasteiger partial charge in [0.25, 0.3) is 5.56 Å². The van der Waals surface area contributed by atoms with Crippen molar-refractivity contribution in [1.82, 2.24) is 24.2 Å². The fourth-order valence-electron chi connectivity index (χ4n) is 3.88. The minimum absolute atomic E-state index is 0.0381. The molecule has 142 valence electrons. The van der Waals surface area contributed by atoms with Crippen LogP contribution in [-0.2, 0) is 13.6 Å². The number of hydrogen-bond donors (Lipinski definition) is 1. The predicted octanol–water partition coefficient (Wildman–Crippen LogP) is 2.10. The molecule has 1 unspecified atom stereocenters. The van der Waals surface area contributed by atoms with Crippen molar-refractivity contribution in [3.63, 3.8) is 0 Å². The zero-order valence-corrected chi connectivity index (χ0v) is 15.7. The first-order valence-corrected chi connectivity index (χ1v) is 9.64. The molecule has 1 saturated heterocycles. The van der Waals surface area contributed by atoms with Crippen molar-refractivity contribution < 1.29 is 0 Å². The predicted molar refractivity (Wildman–Crippen MR) is 107 cm³/mol. The minimum Gasteiger partial charge on any atom is -0.354 e. The molecule has 0 radical (unpaired) electrons. The lowest BCUT2D eigenvalue weighted by Gasteiger charge is -2.35. The van der Waals surface area contributed by atoms with E-state index in [1.165, 1.54) is 12.8 Å². The van der Waals surface area contributed by atoms with E-state index in [1.807, 2.05) is 25.2 Å². The average molecular weight is 366 g/mol. The average Bonchev–Trinajstić information content (AvgIpc) is 3.02. The zero-order chi connectivity index (χ0) is 18.6. The van der Waals surface area contributed by atoms with Gasteiger partial charge < -0.3 is 9.88 Å². The topological polar surface area (TPSA) is 68.0 Å². The lowest BCUT2D eigenvalue weighted by Crippen LogP contribution is -2.45. The van der Waals surface area contributed by atoms with Crippen molar-refractivity contribution in [3.05, 3.63) is 52.9 Å². The highest BCUT2D eigenvalue weighted by atomic mass is 16.1. The Morgan fingerprint density at radius 3 is 2.89 bits per heavy atom. The second-order valence-corrected chi connectivity index (χ2v) is 7.13.